The fourth-order valence-corrected chi connectivity index (χ4v) is 1.17. The molecule has 0 aliphatic carbocycles. The molecule has 0 saturated heterocycles. The Bertz CT molecular complexity index is 334. The molecule has 0 unspecified atom stereocenters. The third-order valence-electron chi connectivity index (χ3n) is 2.01. The molecule has 0 aliphatic heterocycles. The summed E-state index contributed by atoms with van der Waals surface area (Å²) in [5, 5.41) is 0. The molecule has 0 bridgehead atoms. The highest BCUT2D eigenvalue weighted by Gasteiger charge is 2.06. The molecule has 0 fully saturated rings. The lowest BCUT2D eigenvalue weighted by molar-refractivity contribution is -0.118. The first-order chi connectivity index (χ1) is 6.67. The van der Waals surface area contributed by atoms with Gasteiger partial charge in [-0.15, -0.1) is 0 Å². The molecule has 1 rings (SSSR count). The maximum Gasteiger partial charge on any atom is 0.165 e. The average molecular weight is 196 g/mol. The molecule has 76 valence electrons. The molecule has 1 aromatic carbocycles. The van der Waals surface area contributed by atoms with Crippen LogP contribution in [0.25, 0.3) is 0 Å². The molecule has 14 heavy (non-hydrogen) atoms. The third-order valence-corrected chi connectivity index (χ3v) is 2.01. The molecule has 0 N–H and O–H groups in total. The number of carbonyl (C=O) groups is 1. The summed E-state index contributed by atoms with van der Waals surface area (Å²) in [5.41, 5.74) is 0.787. The molecule has 0 heterocycles. The highest BCUT2D eigenvalue weighted by Crippen LogP contribution is 2.18. The minimum Gasteiger partial charge on any atom is -0.494 e. The lowest BCUT2D eigenvalue weighted by Crippen LogP contribution is -2.01. The van der Waals surface area contributed by atoms with Gasteiger partial charge >= 0.3 is 0 Å². The van der Waals surface area contributed by atoms with Gasteiger partial charge in [0.15, 0.2) is 11.6 Å². The number of methoxy groups -OCH3 is 1. The summed E-state index contributed by atoms with van der Waals surface area (Å²) in [4.78, 5) is 11.1. The Morgan fingerprint density at radius 3 is 2.79 bits per heavy atom. The molecule has 1 aromatic rings. The van der Waals surface area contributed by atoms with Crippen molar-refractivity contribution < 1.29 is 13.9 Å². The molecule has 0 atom stereocenters. The lowest BCUT2D eigenvalue weighted by Gasteiger charge is -2.04. The summed E-state index contributed by atoms with van der Waals surface area (Å²) >= 11 is 0. The van der Waals surface area contributed by atoms with Gasteiger partial charge in [0.1, 0.15) is 5.78 Å². The summed E-state index contributed by atoms with van der Waals surface area (Å²) in [6.45, 7) is 1.81. The van der Waals surface area contributed by atoms with Gasteiger partial charge in [-0.2, -0.15) is 0 Å². The van der Waals surface area contributed by atoms with Gasteiger partial charge in [-0.3, -0.25) is 4.79 Å². The van der Waals surface area contributed by atoms with E-state index < -0.39 is 5.82 Å². The van der Waals surface area contributed by atoms with E-state index in [1.54, 1.807) is 12.1 Å². The van der Waals surface area contributed by atoms with E-state index in [9.17, 15) is 9.18 Å². The molecule has 0 aromatic heterocycles. The molecular weight excluding hydrogens is 183 g/mol. The first kappa shape index (κ1) is 10.7. The van der Waals surface area contributed by atoms with Gasteiger partial charge in [0.2, 0.25) is 0 Å². The molecular formula is C11H13FO2. The largest absolute Gasteiger partial charge is 0.494 e. The minimum atomic E-state index is -0.403. The highest BCUT2D eigenvalue weighted by atomic mass is 19.1. The van der Waals surface area contributed by atoms with Gasteiger partial charge in [0.05, 0.1) is 7.11 Å². The predicted molar refractivity (Wildman–Crippen MR) is 52.0 cm³/mol. The minimum absolute atomic E-state index is 0.138. The second kappa shape index (κ2) is 4.74. The van der Waals surface area contributed by atoms with Gasteiger partial charge in [0.25, 0.3) is 0 Å². The third kappa shape index (κ3) is 2.55. The van der Waals surface area contributed by atoms with Crippen LogP contribution in [0.1, 0.15) is 18.9 Å². The monoisotopic (exact) mass is 196 g/mol. The summed E-state index contributed by atoms with van der Waals surface area (Å²) in [6, 6.07) is 4.48. The van der Waals surface area contributed by atoms with E-state index in [0.717, 1.165) is 5.56 Å². The SMILES string of the molecule is CCC(=O)Cc1ccc(F)c(OC)c1. The summed E-state index contributed by atoms with van der Waals surface area (Å²) in [7, 11) is 1.41. The fraction of sp³-hybridized carbons (Fsp3) is 0.364. The number of ether oxygens (including phenoxy) is 1. The fourth-order valence-electron chi connectivity index (χ4n) is 1.17. The van der Waals surface area contributed by atoms with Crippen molar-refractivity contribution >= 4 is 5.78 Å². The highest BCUT2D eigenvalue weighted by molar-refractivity contribution is 5.80. The predicted octanol–water partition coefficient (Wildman–Crippen LogP) is 2.36. The van der Waals surface area contributed by atoms with Gasteiger partial charge in [-0.05, 0) is 17.7 Å². The van der Waals surface area contributed by atoms with E-state index in [0.29, 0.717) is 12.8 Å². The Morgan fingerprint density at radius 2 is 2.21 bits per heavy atom. The van der Waals surface area contributed by atoms with Crippen LogP contribution in [0.15, 0.2) is 18.2 Å². The molecule has 0 saturated carbocycles. The molecule has 2 nitrogen and oxygen atoms in total. The van der Waals surface area contributed by atoms with Gasteiger partial charge in [0, 0.05) is 12.8 Å². The van der Waals surface area contributed by atoms with Crippen LogP contribution >= 0.6 is 0 Å². The summed E-state index contributed by atoms with van der Waals surface area (Å²) in [5.74, 6) is -0.0785. The molecule has 3 heteroatoms. The smallest absolute Gasteiger partial charge is 0.165 e. The van der Waals surface area contributed by atoms with Gasteiger partial charge in [-0.25, -0.2) is 4.39 Å². The van der Waals surface area contributed by atoms with E-state index in [1.807, 2.05) is 6.92 Å². The average Bonchev–Trinajstić information content (AvgIpc) is 2.20. The molecule has 0 aliphatic rings. The van der Waals surface area contributed by atoms with Gasteiger partial charge < -0.3 is 4.74 Å². The number of benzene rings is 1. The first-order valence-corrected chi connectivity index (χ1v) is 4.51. The number of hydrogen-bond acceptors (Lipinski definition) is 2. The van der Waals surface area contributed by atoms with E-state index in [-0.39, 0.29) is 11.5 Å². The quantitative estimate of drug-likeness (QED) is 0.738. The standard InChI is InChI=1S/C11H13FO2/c1-3-9(13)6-8-4-5-10(12)11(7-8)14-2/h4-5,7H,3,6H2,1-2H3. The Labute approximate surface area is 82.7 Å². The second-order valence-corrected chi connectivity index (χ2v) is 3.04. The van der Waals surface area contributed by atoms with Crippen molar-refractivity contribution in [2.24, 2.45) is 0 Å². The van der Waals surface area contributed by atoms with E-state index >= 15 is 0 Å². The van der Waals surface area contributed by atoms with Crippen molar-refractivity contribution in [3.63, 3.8) is 0 Å². The lowest BCUT2D eigenvalue weighted by atomic mass is 10.1. The Kier molecular flexibility index (Phi) is 3.63. The molecule has 0 amide bonds. The van der Waals surface area contributed by atoms with Crippen LogP contribution in [-0.2, 0) is 11.2 Å². The first-order valence-electron chi connectivity index (χ1n) is 4.51. The van der Waals surface area contributed by atoms with Crippen LogP contribution in [0.5, 0.6) is 5.75 Å². The number of ketones is 1. The van der Waals surface area contributed by atoms with Crippen molar-refractivity contribution in [1.82, 2.24) is 0 Å². The van der Waals surface area contributed by atoms with Crippen molar-refractivity contribution in [2.45, 2.75) is 19.8 Å². The van der Waals surface area contributed by atoms with E-state index in [1.165, 1.54) is 13.2 Å². The zero-order valence-corrected chi connectivity index (χ0v) is 8.34. The molecule has 0 spiro atoms. The maximum atomic E-state index is 13.0. The number of Topliss-reactive ketones (excluding diaryl/α,β-unsaturated/α-hetero) is 1. The van der Waals surface area contributed by atoms with Crippen LogP contribution in [0.3, 0.4) is 0 Å². The maximum absolute atomic E-state index is 13.0. The summed E-state index contributed by atoms with van der Waals surface area (Å²) < 4.78 is 17.8. The Hall–Kier alpha value is -1.38. The summed E-state index contributed by atoms with van der Waals surface area (Å²) in [6.07, 6.45) is 0.840. The zero-order valence-electron chi connectivity index (χ0n) is 8.34. The Balaban J connectivity index is 2.84. The van der Waals surface area contributed by atoms with Crippen molar-refractivity contribution in [3.8, 4) is 5.75 Å². The van der Waals surface area contributed by atoms with Crippen molar-refractivity contribution in [2.75, 3.05) is 7.11 Å². The van der Waals surface area contributed by atoms with Crippen LogP contribution in [0.4, 0.5) is 4.39 Å². The van der Waals surface area contributed by atoms with Crippen LogP contribution < -0.4 is 4.74 Å². The zero-order chi connectivity index (χ0) is 10.6. The number of halogens is 1. The molecule has 0 radical (unpaired) electrons. The number of hydrogen-bond donors (Lipinski definition) is 0. The Morgan fingerprint density at radius 1 is 1.50 bits per heavy atom. The van der Waals surface area contributed by atoms with Crippen LogP contribution in [0.2, 0.25) is 0 Å². The topological polar surface area (TPSA) is 26.3 Å². The number of rotatable bonds is 4. The van der Waals surface area contributed by atoms with Crippen molar-refractivity contribution in [1.29, 1.82) is 0 Å². The van der Waals surface area contributed by atoms with Crippen LogP contribution in [-0.4, -0.2) is 12.9 Å². The van der Waals surface area contributed by atoms with Gasteiger partial charge in [-0.1, -0.05) is 13.0 Å². The number of carbonyl (C=O) groups excluding carboxylic acids is 1. The van der Waals surface area contributed by atoms with Crippen LogP contribution in [0, 0.1) is 5.82 Å². The normalized spacial score (nSPS) is 9.93. The van der Waals surface area contributed by atoms with E-state index in [4.69, 9.17) is 4.74 Å². The van der Waals surface area contributed by atoms with E-state index in [2.05, 4.69) is 0 Å². The second-order valence-electron chi connectivity index (χ2n) is 3.04. The van der Waals surface area contributed by atoms with Crippen molar-refractivity contribution in [3.05, 3.63) is 29.6 Å².